The molecule has 0 fully saturated rings. The van der Waals surface area contributed by atoms with E-state index in [0.717, 1.165) is 0 Å². The average Bonchev–Trinajstić information content (AvgIpc) is 2.43. The molecule has 0 radical (unpaired) electrons. The molecule has 0 unspecified atom stereocenters. The molecule has 1 aromatic carbocycles. The Labute approximate surface area is 122 Å². The quantitative estimate of drug-likeness (QED) is 0.273. The van der Waals surface area contributed by atoms with Crippen molar-refractivity contribution in [2.75, 3.05) is 0 Å². The zero-order chi connectivity index (χ0) is 16.0. The average molecular weight is 288 g/mol. The largest absolute Gasteiger partial charge is 0.459 e. The van der Waals surface area contributed by atoms with E-state index >= 15 is 0 Å². The van der Waals surface area contributed by atoms with Crippen molar-refractivity contribution in [3.05, 3.63) is 45.0 Å². The molecule has 1 rings (SSSR count). The molecule has 1 aromatic rings. The first-order valence-electron chi connectivity index (χ1n) is 6.49. The molecule has 0 aromatic heterocycles. The van der Waals surface area contributed by atoms with Gasteiger partial charge in [0.25, 0.3) is 5.69 Å². The highest BCUT2D eigenvalue weighted by Gasteiger charge is 2.15. The minimum atomic E-state index is -0.741. The molecule has 0 aliphatic heterocycles. The number of aryl methyl sites for hydroxylation is 1. The molecule has 0 aliphatic carbocycles. The second kappa shape index (κ2) is 7.20. The molecule has 0 atom stereocenters. The number of carbonyl (C=O) groups is 1. The summed E-state index contributed by atoms with van der Waals surface area (Å²) in [5.41, 5.74) is 0.791. The lowest BCUT2D eigenvalue weighted by atomic mass is 10.1. The van der Waals surface area contributed by atoms with Gasteiger partial charge in [-0.3, -0.25) is 10.1 Å². The number of nitro groups is 1. The third-order valence-corrected chi connectivity index (χ3v) is 2.68. The molecule has 0 amide bonds. The van der Waals surface area contributed by atoms with Crippen LogP contribution in [0.4, 0.5) is 5.69 Å². The Kier molecular flexibility index (Phi) is 5.61. The number of esters is 1. The summed E-state index contributed by atoms with van der Waals surface area (Å²) in [5, 5.41) is 20.0. The van der Waals surface area contributed by atoms with E-state index in [9.17, 15) is 14.9 Å². The van der Waals surface area contributed by atoms with Gasteiger partial charge in [-0.1, -0.05) is 19.1 Å². The van der Waals surface area contributed by atoms with Crippen LogP contribution in [0, 0.1) is 21.4 Å². The first-order chi connectivity index (χ1) is 9.88. The van der Waals surface area contributed by atoms with Gasteiger partial charge in [0.1, 0.15) is 11.6 Å². The van der Waals surface area contributed by atoms with E-state index in [4.69, 9.17) is 10.00 Å². The highest BCUT2D eigenvalue weighted by molar-refractivity contribution is 5.98. The molecule has 0 saturated carbocycles. The maximum atomic E-state index is 11.7. The van der Waals surface area contributed by atoms with Crippen LogP contribution >= 0.6 is 0 Å². The molecule has 6 heteroatoms. The van der Waals surface area contributed by atoms with Gasteiger partial charge in [0.15, 0.2) is 0 Å². The molecular formula is C15H16N2O4. The number of rotatable bonds is 5. The minimum absolute atomic E-state index is 0.0271. The predicted octanol–water partition coefficient (Wildman–Crippen LogP) is 3.02. The van der Waals surface area contributed by atoms with Crippen LogP contribution in [0.5, 0.6) is 0 Å². The van der Waals surface area contributed by atoms with Crippen molar-refractivity contribution in [1.82, 2.24) is 0 Å². The zero-order valence-corrected chi connectivity index (χ0v) is 12.1. The fourth-order valence-electron chi connectivity index (χ4n) is 1.72. The van der Waals surface area contributed by atoms with Crippen LogP contribution in [-0.2, 0) is 16.0 Å². The highest BCUT2D eigenvalue weighted by atomic mass is 16.6. The molecule has 110 valence electrons. The van der Waals surface area contributed by atoms with E-state index < -0.39 is 10.9 Å². The summed E-state index contributed by atoms with van der Waals surface area (Å²) in [6, 6.07) is 6.34. The van der Waals surface area contributed by atoms with Crippen LogP contribution in [0.3, 0.4) is 0 Å². The molecule has 0 heterocycles. The minimum Gasteiger partial charge on any atom is -0.459 e. The fraction of sp³-hybridized carbons (Fsp3) is 0.333. The first-order valence-corrected chi connectivity index (χ1v) is 6.49. The number of ether oxygens (including phenoxy) is 1. The number of nitrogens with zero attached hydrogens (tertiary/aromatic N) is 2. The lowest BCUT2D eigenvalue weighted by Crippen LogP contribution is -2.12. The zero-order valence-electron chi connectivity index (χ0n) is 12.1. The van der Waals surface area contributed by atoms with Gasteiger partial charge in [-0.2, -0.15) is 5.26 Å². The van der Waals surface area contributed by atoms with Gasteiger partial charge in [0.2, 0.25) is 0 Å². The first kappa shape index (κ1) is 16.4. The Morgan fingerprint density at radius 2 is 2.19 bits per heavy atom. The number of hydrogen-bond donors (Lipinski definition) is 0. The number of nitro benzene ring substituents is 1. The maximum Gasteiger partial charge on any atom is 0.349 e. The van der Waals surface area contributed by atoms with E-state index in [1.165, 1.54) is 12.1 Å². The Morgan fingerprint density at radius 1 is 1.52 bits per heavy atom. The second-order valence-electron chi connectivity index (χ2n) is 4.62. The van der Waals surface area contributed by atoms with E-state index in [-0.39, 0.29) is 17.4 Å². The molecule has 0 aliphatic rings. The van der Waals surface area contributed by atoms with Gasteiger partial charge in [0, 0.05) is 11.6 Å². The summed E-state index contributed by atoms with van der Waals surface area (Å²) in [7, 11) is 0. The van der Waals surface area contributed by atoms with Crippen LogP contribution in [0.15, 0.2) is 23.8 Å². The lowest BCUT2D eigenvalue weighted by molar-refractivity contribution is -0.385. The second-order valence-corrected chi connectivity index (χ2v) is 4.62. The summed E-state index contributed by atoms with van der Waals surface area (Å²) in [6.45, 7) is 5.17. The van der Waals surface area contributed by atoms with Crippen molar-refractivity contribution >= 4 is 17.7 Å². The van der Waals surface area contributed by atoms with Crippen LogP contribution in [0.25, 0.3) is 6.08 Å². The molecule has 0 spiro atoms. The summed E-state index contributed by atoms with van der Waals surface area (Å²) in [4.78, 5) is 22.2. The van der Waals surface area contributed by atoms with E-state index in [2.05, 4.69) is 0 Å². The van der Waals surface area contributed by atoms with Crippen LogP contribution in [0.1, 0.15) is 31.9 Å². The third kappa shape index (κ3) is 4.42. The van der Waals surface area contributed by atoms with Gasteiger partial charge >= 0.3 is 5.97 Å². The van der Waals surface area contributed by atoms with E-state index in [1.807, 2.05) is 6.92 Å². The summed E-state index contributed by atoms with van der Waals surface area (Å²) < 4.78 is 4.93. The van der Waals surface area contributed by atoms with Gasteiger partial charge in [-0.25, -0.2) is 4.79 Å². The molecule has 6 nitrogen and oxygen atoms in total. The molecule has 0 saturated heterocycles. The normalized spacial score (nSPS) is 11.1. The van der Waals surface area contributed by atoms with E-state index in [1.54, 1.807) is 32.0 Å². The van der Waals surface area contributed by atoms with Crippen molar-refractivity contribution in [3.63, 3.8) is 0 Å². The monoisotopic (exact) mass is 288 g/mol. The molecule has 21 heavy (non-hydrogen) atoms. The standard InChI is InChI=1S/C15H16N2O4/c1-4-12-6-5-11(8-14(12)17(19)20)7-13(9-16)15(18)21-10(2)3/h5-8,10H,4H2,1-3H3/b13-7+. The highest BCUT2D eigenvalue weighted by Crippen LogP contribution is 2.22. The molecule has 0 N–H and O–H groups in total. The lowest BCUT2D eigenvalue weighted by Gasteiger charge is -2.06. The predicted molar refractivity (Wildman–Crippen MR) is 77.3 cm³/mol. The van der Waals surface area contributed by atoms with Crippen LogP contribution in [-0.4, -0.2) is 17.0 Å². The van der Waals surface area contributed by atoms with Gasteiger partial charge in [-0.15, -0.1) is 0 Å². The van der Waals surface area contributed by atoms with Crippen molar-refractivity contribution < 1.29 is 14.5 Å². The Balaban J connectivity index is 3.18. The summed E-state index contributed by atoms with van der Waals surface area (Å²) in [5.74, 6) is -0.741. The Bertz CT molecular complexity index is 627. The summed E-state index contributed by atoms with van der Waals surface area (Å²) in [6.07, 6.45) is 1.48. The summed E-state index contributed by atoms with van der Waals surface area (Å²) >= 11 is 0. The smallest absolute Gasteiger partial charge is 0.349 e. The van der Waals surface area contributed by atoms with Gasteiger partial charge in [-0.05, 0) is 31.9 Å². The van der Waals surface area contributed by atoms with Crippen molar-refractivity contribution in [3.8, 4) is 6.07 Å². The number of hydrogen-bond acceptors (Lipinski definition) is 5. The number of carbonyl (C=O) groups excluding carboxylic acids is 1. The van der Waals surface area contributed by atoms with Crippen molar-refractivity contribution in [1.29, 1.82) is 5.26 Å². The number of nitriles is 1. The third-order valence-electron chi connectivity index (χ3n) is 2.68. The van der Waals surface area contributed by atoms with Crippen LogP contribution < -0.4 is 0 Å². The molecule has 0 bridgehead atoms. The van der Waals surface area contributed by atoms with Crippen molar-refractivity contribution in [2.24, 2.45) is 0 Å². The molecular weight excluding hydrogens is 272 g/mol. The Morgan fingerprint density at radius 3 is 2.67 bits per heavy atom. The van der Waals surface area contributed by atoms with Crippen LogP contribution in [0.2, 0.25) is 0 Å². The number of benzene rings is 1. The van der Waals surface area contributed by atoms with Gasteiger partial charge < -0.3 is 4.74 Å². The SMILES string of the molecule is CCc1ccc(/C=C(\C#N)C(=O)OC(C)C)cc1[N+](=O)[O-]. The van der Waals surface area contributed by atoms with Gasteiger partial charge in [0.05, 0.1) is 11.0 Å². The Hall–Kier alpha value is -2.68. The van der Waals surface area contributed by atoms with E-state index in [0.29, 0.717) is 17.5 Å². The fourth-order valence-corrected chi connectivity index (χ4v) is 1.72. The van der Waals surface area contributed by atoms with Crippen molar-refractivity contribution in [2.45, 2.75) is 33.3 Å². The maximum absolute atomic E-state index is 11.7. The topological polar surface area (TPSA) is 93.2 Å².